The predicted octanol–water partition coefficient (Wildman–Crippen LogP) is 3.87. The number of carbonyl (C=O) groups is 2. The van der Waals surface area contributed by atoms with Gasteiger partial charge in [-0.05, 0) is 18.6 Å². The first-order valence-corrected chi connectivity index (χ1v) is 13.7. The number of benzene rings is 1. The van der Waals surface area contributed by atoms with E-state index in [0.29, 0.717) is 19.6 Å². The van der Waals surface area contributed by atoms with E-state index >= 15 is 0 Å². The Morgan fingerprint density at radius 2 is 1.95 bits per heavy atom. The largest absolute Gasteiger partial charge is 0.357 e. The van der Waals surface area contributed by atoms with Crippen molar-refractivity contribution >= 4 is 50.0 Å². The van der Waals surface area contributed by atoms with Gasteiger partial charge >= 0.3 is 0 Å². The average molecular weight is 568 g/mol. The topological polar surface area (TPSA) is 126 Å². The van der Waals surface area contributed by atoms with Crippen LogP contribution in [0.2, 0.25) is 0 Å². The molecule has 13 heteroatoms. The van der Waals surface area contributed by atoms with E-state index in [9.17, 15) is 14.0 Å². The summed E-state index contributed by atoms with van der Waals surface area (Å²) in [5.41, 5.74) is 2.18. The Morgan fingerprint density at radius 3 is 2.73 bits per heavy atom. The minimum absolute atomic E-state index is 0.00886. The third-order valence-corrected chi connectivity index (χ3v) is 8.43. The number of thiophene rings is 1. The van der Waals surface area contributed by atoms with E-state index in [0.717, 1.165) is 32.7 Å². The summed E-state index contributed by atoms with van der Waals surface area (Å²) in [5.74, 6) is -1.11. The van der Waals surface area contributed by atoms with Crippen LogP contribution in [0.25, 0.3) is 37.4 Å². The summed E-state index contributed by atoms with van der Waals surface area (Å²) < 4.78 is 17.2. The van der Waals surface area contributed by atoms with E-state index in [2.05, 4.69) is 53.3 Å². The summed E-state index contributed by atoms with van der Waals surface area (Å²) in [6, 6.07) is 11.9. The lowest BCUT2D eigenvalue weighted by molar-refractivity contribution is -0.128. The van der Waals surface area contributed by atoms with E-state index in [1.165, 1.54) is 22.0 Å². The Hall–Kier alpha value is -5.04. The molecule has 11 nitrogen and oxygen atoms in total. The number of anilines is 1. The maximum absolute atomic E-state index is 14.9. The van der Waals surface area contributed by atoms with E-state index in [1.54, 1.807) is 23.9 Å². The number of nitrogens with zero attached hydrogens (tertiary/aromatic N) is 8. The van der Waals surface area contributed by atoms with Crippen LogP contribution in [0.3, 0.4) is 0 Å². The van der Waals surface area contributed by atoms with Gasteiger partial charge in [0.1, 0.15) is 12.1 Å². The fraction of sp³-hybridized carbons (Fsp3) is 0.179. The smallest absolute Gasteiger partial charge is 0.295 e. The summed E-state index contributed by atoms with van der Waals surface area (Å²) in [5, 5.41) is 7.64. The van der Waals surface area contributed by atoms with Gasteiger partial charge in [0, 0.05) is 36.8 Å². The number of rotatable bonds is 5. The molecule has 0 radical (unpaired) electrons. The number of amides is 1. The number of piperazine rings is 1. The molecule has 41 heavy (non-hydrogen) atoms. The number of nitrogens with one attached hydrogen (secondary N) is 1. The number of fused-ring (bicyclic) bond motifs is 2. The summed E-state index contributed by atoms with van der Waals surface area (Å²) in [4.78, 5) is 47.6. The number of ketones is 1. The highest BCUT2D eigenvalue weighted by atomic mass is 32.1. The highest BCUT2D eigenvalue weighted by molar-refractivity contribution is 7.22. The summed E-state index contributed by atoms with van der Waals surface area (Å²) in [6.07, 6.45) is 6.92. The Bertz CT molecular complexity index is 1920. The molecule has 0 saturated carbocycles. The molecule has 1 N–H and O–H groups in total. The second kappa shape index (κ2) is 9.86. The van der Waals surface area contributed by atoms with E-state index in [4.69, 9.17) is 0 Å². The first-order chi connectivity index (χ1) is 20.0. The minimum Gasteiger partial charge on any atom is -0.357 e. The maximum atomic E-state index is 14.9. The molecule has 0 unspecified atom stereocenters. The number of pyridine rings is 1. The number of aromatic nitrogens is 7. The van der Waals surface area contributed by atoms with Gasteiger partial charge in [-0.3, -0.25) is 9.59 Å². The van der Waals surface area contributed by atoms with Gasteiger partial charge in [0.05, 0.1) is 45.3 Å². The van der Waals surface area contributed by atoms with Crippen molar-refractivity contribution in [3.63, 3.8) is 0 Å². The third kappa shape index (κ3) is 4.21. The first-order valence-electron chi connectivity index (χ1n) is 12.9. The van der Waals surface area contributed by atoms with Crippen molar-refractivity contribution in [1.29, 1.82) is 0 Å². The Kier molecular flexibility index (Phi) is 6.00. The van der Waals surface area contributed by atoms with Gasteiger partial charge in [0.25, 0.3) is 11.7 Å². The van der Waals surface area contributed by atoms with Crippen LogP contribution in [0, 0.1) is 5.82 Å². The normalized spacial score (nSPS) is 15.6. The van der Waals surface area contributed by atoms with E-state index in [1.807, 2.05) is 25.1 Å². The number of carbonyl (C=O) groups excluding carboxylic acids is 2. The molecule has 0 aliphatic carbocycles. The molecule has 0 spiro atoms. The highest BCUT2D eigenvalue weighted by Crippen LogP contribution is 2.37. The zero-order valence-electron chi connectivity index (χ0n) is 21.7. The fourth-order valence-electron chi connectivity index (χ4n) is 5.28. The Labute approximate surface area is 236 Å². The van der Waals surface area contributed by atoms with Crippen molar-refractivity contribution in [2.24, 2.45) is 0 Å². The molecule has 1 aliphatic rings. The first kappa shape index (κ1) is 25.0. The third-order valence-electron chi connectivity index (χ3n) is 7.26. The summed E-state index contributed by atoms with van der Waals surface area (Å²) in [6.45, 7) is 3.16. The second-order valence-electron chi connectivity index (χ2n) is 9.74. The number of Topliss-reactive ketones (excluding diaryl/α,β-unsaturated/α-hetero) is 1. The molecule has 5 aromatic heterocycles. The molecule has 1 amide bonds. The van der Waals surface area contributed by atoms with Crippen molar-refractivity contribution in [2.75, 3.05) is 24.5 Å². The van der Waals surface area contributed by atoms with Crippen molar-refractivity contribution in [3.05, 3.63) is 78.9 Å². The van der Waals surface area contributed by atoms with Crippen LogP contribution >= 0.6 is 11.3 Å². The van der Waals surface area contributed by atoms with Gasteiger partial charge in [0.2, 0.25) is 0 Å². The summed E-state index contributed by atoms with van der Waals surface area (Å²) >= 11 is 1.63. The lowest BCUT2D eigenvalue weighted by Crippen LogP contribution is -2.55. The van der Waals surface area contributed by atoms with Crippen LogP contribution in [0.4, 0.5) is 10.2 Å². The van der Waals surface area contributed by atoms with E-state index < -0.39 is 17.5 Å². The predicted molar refractivity (Wildman–Crippen MR) is 152 cm³/mol. The lowest BCUT2D eigenvalue weighted by atomic mass is 10.1. The van der Waals surface area contributed by atoms with Crippen molar-refractivity contribution in [1.82, 2.24) is 39.8 Å². The molecule has 1 aromatic carbocycles. The molecule has 0 bridgehead atoms. The fourth-order valence-corrected chi connectivity index (χ4v) is 6.41. The van der Waals surface area contributed by atoms with Gasteiger partial charge < -0.3 is 14.8 Å². The number of halogens is 1. The second-order valence-corrected chi connectivity index (χ2v) is 10.8. The highest BCUT2D eigenvalue weighted by Gasteiger charge is 2.34. The number of hydrogen-bond acceptors (Lipinski definition) is 9. The molecule has 6 aromatic rings. The Balaban J connectivity index is 1.13. The molecule has 204 valence electrons. The quantitative estimate of drug-likeness (QED) is 0.246. The molecular weight excluding hydrogens is 545 g/mol. The number of aromatic amines is 1. The summed E-state index contributed by atoms with van der Waals surface area (Å²) in [7, 11) is 0. The molecule has 1 saturated heterocycles. The van der Waals surface area contributed by atoms with Gasteiger partial charge in [-0.15, -0.1) is 16.4 Å². The molecule has 1 fully saturated rings. The van der Waals surface area contributed by atoms with E-state index in [-0.39, 0.29) is 28.3 Å². The van der Waals surface area contributed by atoms with Crippen LogP contribution in [0.15, 0.2) is 67.5 Å². The van der Waals surface area contributed by atoms with Gasteiger partial charge in [-0.25, -0.2) is 24.0 Å². The zero-order chi connectivity index (χ0) is 28.1. The van der Waals surface area contributed by atoms with Crippen LogP contribution < -0.4 is 4.90 Å². The van der Waals surface area contributed by atoms with Gasteiger partial charge in [-0.1, -0.05) is 35.5 Å². The molecule has 6 heterocycles. The molecule has 1 atom stereocenters. The molecule has 7 rings (SSSR count). The van der Waals surface area contributed by atoms with Gasteiger partial charge in [-0.2, -0.15) is 0 Å². The standard InChI is InChI=1S/C28H22FN9O2S/c1-16-14-36(27-25-20(32-15-33-27)11-21(41-25)17-5-3-2-4-6-17)9-10-37(16)28(40)24(39)18-12-30-23-22(18)19(29)13-31-26(23)38-8-7-34-35-38/h2-8,11-13,15-16,30H,9-10,14H2,1H3/t16-/m1/s1. The van der Waals surface area contributed by atoms with Crippen LogP contribution in [-0.4, -0.2) is 77.2 Å². The zero-order valence-corrected chi connectivity index (χ0v) is 22.5. The van der Waals surface area contributed by atoms with Crippen LogP contribution in [-0.2, 0) is 4.79 Å². The van der Waals surface area contributed by atoms with Gasteiger partial charge in [0.15, 0.2) is 11.6 Å². The average Bonchev–Trinajstić information content (AvgIpc) is 3.77. The van der Waals surface area contributed by atoms with Crippen LogP contribution in [0.1, 0.15) is 17.3 Å². The SMILES string of the molecule is C[C@@H]1CN(c2ncnc3cc(-c4ccccc4)sc23)CCN1C(=O)C(=O)c1c[nH]c2c(-n3ccnn3)ncc(F)c12. The van der Waals surface area contributed by atoms with Crippen molar-refractivity contribution < 1.29 is 14.0 Å². The minimum atomic E-state index is -0.790. The monoisotopic (exact) mass is 567 g/mol. The maximum Gasteiger partial charge on any atom is 0.295 e. The Morgan fingerprint density at radius 1 is 1.10 bits per heavy atom. The lowest BCUT2D eigenvalue weighted by Gasteiger charge is -2.40. The number of hydrogen-bond donors (Lipinski definition) is 1. The van der Waals surface area contributed by atoms with Crippen LogP contribution in [0.5, 0.6) is 0 Å². The molecular formula is C28H22FN9O2S. The number of H-pyrrole nitrogens is 1. The van der Waals surface area contributed by atoms with Crippen molar-refractivity contribution in [2.45, 2.75) is 13.0 Å². The van der Waals surface area contributed by atoms with Crippen molar-refractivity contribution in [3.8, 4) is 16.3 Å². The molecule has 1 aliphatic heterocycles.